The Kier molecular flexibility index (Phi) is 9.11. The molecular formula is C27H34O11. The van der Waals surface area contributed by atoms with E-state index in [2.05, 4.69) is 0 Å². The average Bonchev–Trinajstić information content (AvgIpc) is 3.32. The van der Waals surface area contributed by atoms with E-state index in [4.69, 9.17) is 28.4 Å². The largest absolute Gasteiger partial charge is 0.493 e. The smallest absolute Gasteiger partial charge is 0.187 e. The lowest BCUT2D eigenvalue weighted by Gasteiger charge is -2.39. The molecule has 38 heavy (non-hydrogen) atoms. The quantitative estimate of drug-likeness (QED) is 0.293. The van der Waals surface area contributed by atoms with E-state index in [1.165, 1.54) is 7.11 Å². The molecule has 2 aliphatic rings. The van der Waals surface area contributed by atoms with Crippen LogP contribution in [-0.2, 0) is 9.47 Å². The molecule has 208 valence electrons. The second-order valence-corrected chi connectivity index (χ2v) is 9.02. The SMILES string of the molecule is COc1ccc([C@H]2Oc3c(OC)cc(C=CCO[C@@H]4O[C@@H](CO)[C@@H](O)[C@@H](O)[C@H]4O)cc3[C@@H]2CO)cc1OC. The van der Waals surface area contributed by atoms with Gasteiger partial charge in [0.05, 0.1) is 47.1 Å². The minimum atomic E-state index is -1.51. The van der Waals surface area contributed by atoms with Gasteiger partial charge < -0.3 is 54.0 Å². The summed E-state index contributed by atoms with van der Waals surface area (Å²) in [6.07, 6.45) is -3.73. The molecule has 0 aromatic heterocycles. The van der Waals surface area contributed by atoms with Gasteiger partial charge in [0.2, 0.25) is 0 Å². The van der Waals surface area contributed by atoms with Crippen molar-refractivity contribution in [2.75, 3.05) is 41.2 Å². The maximum atomic E-state index is 10.3. The Morgan fingerprint density at radius 3 is 2.24 bits per heavy atom. The van der Waals surface area contributed by atoms with E-state index in [0.29, 0.717) is 23.0 Å². The van der Waals surface area contributed by atoms with Crippen molar-refractivity contribution in [3.8, 4) is 23.0 Å². The molecule has 0 spiro atoms. The molecule has 0 bridgehead atoms. The monoisotopic (exact) mass is 534 g/mol. The molecule has 11 heteroatoms. The first-order chi connectivity index (χ1) is 18.4. The highest BCUT2D eigenvalue weighted by Gasteiger charge is 2.44. The van der Waals surface area contributed by atoms with Crippen LogP contribution in [0.3, 0.4) is 0 Å². The van der Waals surface area contributed by atoms with Crippen LogP contribution in [0, 0.1) is 0 Å². The minimum Gasteiger partial charge on any atom is -0.493 e. The fourth-order valence-corrected chi connectivity index (χ4v) is 4.73. The van der Waals surface area contributed by atoms with Gasteiger partial charge in [-0.1, -0.05) is 18.2 Å². The van der Waals surface area contributed by atoms with Crippen molar-refractivity contribution in [3.05, 3.63) is 53.1 Å². The van der Waals surface area contributed by atoms with Gasteiger partial charge in [0.25, 0.3) is 0 Å². The topological polar surface area (TPSA) is 157 Å². The highest BCUT2D eigenvalue weighted by atomic mass is 16.7. The molecular weight excluding hydrogens is 500 g/mol. The van der Waals surface area contributed by atoms with Crippen LogP contribution < -0.4 is 18.9 Å². The molecule has 11 nitrogen and oxygen atoms in total. The maximum absolute atomic E-state index is 10.3. The van der Waals surface area contributed by atoms with Gasteiger partial charge in [-0.25, -0.2) is 0 Å². The molecule has 2 aromatic carbocycles. The van der Waals surface area contributed by atoms with Crippen LogP contribution in [0.1, 0.15) is 28.7 Å². The number of hydrogen-bond acceptors (Lipinski definition) is 11. The van der Waals surface area contributed by atoms with Crippen molar-refractivity contribution < 1.29 is 54.0 Å². The van der Waals surface area contributed by atoms with Crippen LogP contribution in [0.15, 0.2) is 36.4 Å². The summed E-state index contributed by atoms with van der Waals surface area (Å²) < 4.78 is 33.4. The Bertz CT molecular complexity index is 1120. The normalized spacial score (nSPS) is 28.7. The van der Waals surface area contributed by atoms with Crippen molar-refractivity contribution in [2.45, 2.75) is 42.7 Å². The van der Waals surface area contributed by atoms with Gasteiger partial charge in [0.1, 0.15) is 30.5 Å². The number of aliphatic hydroxyl groups is 5. The van der Waals surface area contributed by atoms with Crippen molar-refractivity contribution >= 4 is 6.08 Å². The van der Waals surface area contributed by atoms with E-state index in [1.54, 1.807) is 38.5 Å². The van der Waals surface area contributed by atoms with E-state index in [0.717, 1.165) is 16.7 Å². The third-order valence-corrected chi connectivity index (χ3v) is 6.78. The zero-order valence-electron chi connectivity index (χ0n) is 21.4. The third-order valence-electron chi connectivity index (χ3n) is 6.78. The average molecular weight is 535 g/mol. The first kappa shape index (κ1) is 28.1. The second-order valence-electron chi connectivity index (χ2n) is 9.02. The number of aliphatic hydroxyl groups excluding tert-OH is 5. The lowest BCUT2D eigenvalue weighted by Crippen LogP contribution is -2.59. The lowest BCUT2D eigenvalue weighted by atomic mass is 9.90. The van der Waals surface area contributed by atoms with Crippen LogP contribution in [0.5, 0.6) is 23.0 Å². The fraction of sp³-hybridized carbons (Fsp3) is 0.481. The highest BCUT2D eigenvalue weighted by Crippen LogP contribution is 2.51. The summed E-state index contributed by atoms with van der Waals surface area (Å²) in [5.41, 5.74) is 2.35. The summed E-state index contributed by atoms with van der Waals surface area (Å²) in [6, 6.07) is 9.15. The number of hydrogen-bond donors (Lipinski definition) is 5. The molecule has 0 unspecified atom stereocenters. The van der Waals surface area contributed by atoms with E-state index >= 15 is 0 Å². The van der Waals surface area contributed by atoms with E-state index in [1.807, 2.05) is 18.2 Å². The van der Waals surface area contributed by atoms with Gasteiger partial charge >= 0.3 is 0 Å². The lowest BCUT2D eigenvalue weighted by molar-refractivity contribution is -0.298. The molecule has 0 radical (unpaired) electrons. The molecule has 2 heterocycles. The Hall–Kier alpha value is -2.90. The van der Waals surface area contributed by atoms with Crippen molar-refractivity contribution in [1.29, 1.82) is 0 Å². The first-order valence-electron chi connectivity index (χ1n) is 12.2. The summed E-state index contributed by atoms with van der Waals surface area (Å²) >= 11 is 0. The summed E-state index contributed by atoms with van der Waals surface area (Å²) in [5.74, 6) is 1.81. The number of fused-ring (bicyclic) bond motifs is 1. The number of benzene rings is 2. The molecule has 1 saturated heterocycles. The molecule has 0 amide bonds. The summed E-state index contributed by atoms with van der Waals surface area (Å²) in [4.78, 5) is 0. The molecule has 1 fully saturated rings. The molecule has 7 atom stereocenters. The number of rotatable bonds is 10. The van der Waals surface area contributed by atoms with Crippen LogP contribution >= 0.6 is 0 Å². The standard InChI is InChI=1S/C27H34O11/c1-33-18-7-6-15(11-19(18)34-2)25-17(12-28)16-9-14(10-20(35-3)26(16)38-25)5-4-8-36-27-24(32)23(31)22(30)21(13-29)37-27/h4-7,9-11,17,21-25,27-32H,8,12-13H2,1-3H3/t17-,21-,22+,23+,24+,25+,27+/m0/s1. The van der Waals surface area contributed by atoms with Gasteiger partial charge in [-0.2, -0.15) is 0 Å². The van der Waals surface area contributed by atoms with E-state index in [9.17, 15) is 25.5 Å². The predicted molar refractivity (Wildman–Crippen MR) is 134 cm³/mol. The summed E-state index contributed by atoms with van der Waals surface area (Å²) in [7, 11) is 4.65. The predicted octanol–water partition coefficient (Wildman–Crippen LogP) is 0.752. The molecule has 0 saturated carbocycles. The Morgan fingerprint density at radius 1 is 0.842 bits per heavy atom. The minimum absolute atomic E-state index is 0.0102. The van der Waals surface area contributed by atoms with Gasteiger partial charge in [0, 0.05) is 5.56 Å². The van der Waals surface area contributed by atoms with E-state index in [-0.39, 0.29) is 19.1 Å². The van der Waals surface area contributed by atoms with Crippen molar-refractivity contribution in [1.82, 2.24) is 0 Å². The van der Waals surface area contributed by atoms with E-state index < -0.39 is 43.4 Å². The first-order valence-corrected chi connectivity index (χ1v) is 12.2. The Morgan fingerprint density at radius 2 is 1.58 bits per heavy atom. The van der Waals surface area contributed by atoms with Crippen molar-refractivity contribution in [2.24, 2.45) is 0 Å². The number of methoxy groups -OCH3 is 3. The Balaban J connectivity index is 1.50. The molecule has 5 N–H and O–H groups in total. The van der Waals surface area contributed by atoms with Crippen molar-refractivity contribution in [3.63, 3.8) is 0 Å². The molecule has 2 aliphatic heterocycles. The zero-order chi connectivity index (χ0) is 27.4. The Labute approximate surface area is 220 Å². The van der Waals surface area contributed by atoms with Crippen LogP contribution in [0.4, 0.5) is 0 Å². The van der Waals surface area contributed by atoms with Crippen LogP contribution in [0.2, 0.25) is 0 Å². The third kappa shape index (κ3) is 5.45. The van der Waals surface area contributed by atoms with Gasteiger partial charge in [-0.05, 0) is 35.4 Å². The maximum Gasteiger partial charge on any atom is 0.187 e. The highest BCUT2D eigenvalue weighted by molar-refractivity contribution is 5.62. The van der Waals surface area contributed by atoms with Gasteiger partial charge in [0.15, 0.2) is 29.3 Å². The summed E-state index contributed by atoms with van der Waals surface area (Å²) in [5, 5.41) is 49.5. The zero-order valence-corrected chi connectivity index (χ0v) is 21.4. The molecule has 0 aliphatic carbocycles. The van der Waals surface area contributed by atoms with Gasteiger partial charge in [-0.15, -0.1) is 0 Å². The fourth-order valence-electron chi connectivity index (χ4n) is 4.73. The summed E-state index contributed by atoms with van der Waals surface area (Å²) in [6.45, 7) is -0.688. The second kappa shape index (κ2) is 12.3. The van der Waals surface area contributed by atoms with Gasteiger partial charge in [-0.3, -0.25) is 0 Å². The van der Waals surface area contributed by atoms with Crippen LogP contribution in [0.25, 0.3) is 6.08 Å². The van der Waals surface area contributed by atoms with Crippen LogP contribution in [-0.4, -0.2) is 97.4 Å². The molecule has 4 rings (SSSR count). The number of ether oxygens (including phenoxy) is 6. The molecule has 2 aromatic rings.